The van der Waals surface area contributed by atoms with Crippen LogP contribution in [0.3, 0.4) is 0 Å². The first kappa shape index (κ1) is 20.5. The molecule has 0 amide bonds. The van der Waals surface area contributed by atoms with Crippen LogP contribution in [-0.4, -0.2) is 38.0 Å². The molecule has 0 aliphatic carbocycles. The van der Waals surface area contributed by atoms with Gasteiger partial charge in [-0.05, 0) is 25.1 Å². The van der Waals surface area contributed by atoms with Gasteiger partial charge in [0.2, 0.25) is 0 Å². The van der Waals surface area contributed by atoms with Gasteiger partial charge in [-0.2, -0.15) is 8.78 Å². The van der Waals surface area contributed by atoms with Gasteiger partial charge in [0, 0.05) is 12.7 Å². The van der Waals surface area contributed by atoms with Crippen LogP contribution in [0.25, 0.3) is 22.4 Å². The number of halogens is 2. The van der Waals surface area contributed by atoms with Crippen molar-refractivity contribution in [1.82, 2.24) is 24.3 Å². The van der Waals surface area contributed by atoms with Crippen molar-refractivity contribution in [3.05, 3.63) is 59.9 Å². The molecule has 2 aromatic heterocycles. The molecule has 156 valence electrons. The molecule has 0 radical (unpaired) electrons. The van der Waals surface area contributed by atoms with Crippen molar-refractivity contribution in [2.75, 3.05) is 13.7 Å². The van der Waals surface area contributed by atoms with Crippen LogP contribution in [0, 0.1) is 6.92 Å². The Kier molecular flexibility index (Phi) is 6.10. The predicted octanol–water partition coefficient (Wildman–Crippen LogP) is 4.94. The van der Waals surface area contributed by atoms with Gasteiger partial charge in [0.15, 0.2) is 11.0 Å². The average molecular weight is 429 g/mol. The molecule has 0 bridgehead atoms. The monoisotopic (exact) mass is 429 g/mol. The van der Waals surface area contributed by atoms with Crippen molar-refractivity contribution in [3.8, 4) is 11.4 Å². The van der Waals surface area contributed by atoms with E-state index in [2.05, 4.69) is 15.2 Å². The number of rotatable bonds is 8. The van der Waals surface area contributed by atoms with E-state index in [9.17, 15) is 8.78 Å². The minimum Gasteiger partial charge on any atom is -0.383 e. The highest BCUT2D eigenvalue weighted by Gasteiger charge is 2.20. The molecule has 6 nitrogen and oxygen atoms in total. The van der Waals surface area contributed by atoms with Crippen molar-refractivity contribution in [3.63, 3.8) is 0 Å². The Morgan fingerprint density at radius 2 is 1.93 bits per heavy atom. The minimum atomic E-state index is -2.66. The SMILES string of the molecule is COCCn1c(SCc2nc3ccccc3n2C(F)F)nnc1-c1cccc(C)c1. The van der Waals surface area contributed by atoms with Crippen LogP contribution >= 0.6 is 11.8 Å². The number of thioether (sulfide) groups is 1. The highest BCUT2D eigenvalue weighted by atomic mass is 32.2. The Morgan fingerprint density at radius 3 is 2.70 bits per heavy atom. The van der Waals surface area contributed by atoms with E-state index in [1.165, 1.54) is 11.8 Å². The Bertz CT molecular complexity index is 1160. The number of aryl methyl sites for hydroxylation is 1. The van der Waals surface area contributed by atoms with Crippen LogP contribution in [-0.2, 0) is 17.0 Å². The van der Waals surface area contributed by atoms with Crippen LogP contribution in [0.4, 0.5) is 8.78 Å². The fourth-order valence-corrected chi connectivity index (χ4v) is 4.21. The number of alkyl halides is 2. The number of methoxy groups -OCH3 is 1. The average Bonchev–Trinajstić information content (AvgIpc) is 3.31. The summed E-state index contributed by atoms with van der Waals surface area (Å²) in [6.45, 7) is 0.395. The number of aromatic nitrogens is 5. The van der Waals surface area contributed by atoms with Crippen molar-refractivity contribution in [1.29, 1.82) is 0 Å². The summed E-state index contributed by atoms with van der Waals surface area (Å²) in [6, 6.07) is 14.9. The first-order valence-electron chi connectivity index (χ1n) is 9.44. The third-order valence-electron chi connectivity index (χ3n) is 4.71. The number of fused-ring (bicyclic) bond motifs is 1. The maximum Gasteiger partial charge on any atom is 0.320 e. The molecule has 0 spiro atoms. The Morgan fingerprint density at radius 1 is 1.10 bits per heavy atom. The van der Waals surface area contributed by atoms with Gasteiger partial charge in [0.05, 0.1) is 29.9 Å². The second kappa shape index (κ2) is 8.93. The fourth-order valence-electron chi connectivity index (χ4n) is 3.32. The third-order valence-corrected chi connectivity index (χ3v) is 5.67. The number of nitrogens with zero attached hydrogens (tertiary/aromatic N) is 5. The Hall–Kier alpha value is -2.78. The van der Waals surface area contributed by atoms with E-state index in [1.807, 2.05) is 35.8 Å². The normalized spacial score (nSPS) is 11.6. The maximum atomic E-state index is 13.7. The number of benzene rings is 2. The standard InChI is InChI=1S/C21H21F2N5OS/c1-14-6-5-7-15(12-14)19-25-26-21(27(19)10-11-29-2)30-13-18-24-16-8-3-4-9-17(16)28(18)20(22)23/h3-9,12,20H,10-11,13H2,1-2H3. The number of ether oxygens (including phenoxy) is 1. The number of imidazole rings is 1. The highest BCUT2D eigenvalue weighted by molar-refractivity contribution is 7.98. The van der Waals surface area contributed by atoms with E-state index in [4.69, 9.17) is 4.74 Å². The molecule has 0 atom stereocenters. The van der Waals surface area contributed by atoms with Crippen LogP contribution in [0.5, 0.6) is 0 Å². The molecule has 4 rings (SSSR count). The van der Waals surface area contributed by atoms with Crippen LogP contribution < -0.4 is 0 Å². The molecular weight excluding hydrogens is 408 g/mol. The van der Waals surface area contributed by atoms with Crippen LogP contribution in [0.2, 0.25) is 0 Å². The van der Waals surface area contributed by atoms with Crippen molar-refractivity contribution in [2.24, 2.45) is 0 Å². The molecule has 30 heavy (non-hydrogen) atoms. The van der Waals surface area contributed by atoms with E-state index >= 15 is 0 Å². The van der Waals surface area contributed by atoms with E-state index in [0.29, 0.717) is 35.2 Å². The molecular formula is C21H21F2N5OS. The van der Waals surface area contributed by atoms with E-state index < -0.39 is 6.55 Å². The van der Waals surface area contributed by atoms with E-state index in [0.717, 1.165) is 21.5 Å². The summed E-state index contributed by atoms with van der Waals surface area (Å²) in [5.74, 6) is 1.27. The first-order valence-corrected chi connectivity index (χ1v) is 10.4. The molecule has 2 aromatic carbocycles. The van der Waals surface area contributed by atoms with Gasteiger partial charge in [-0.3, -0.25) is 9.13 Å². The number of hydrogen-bond donors (Lipinski definition) is 0. The number of para-hydroxylation sites is 2. The Balaban J connectivity index is 1.65. The van der Waals surface area contributed by atoms with E-state index in [-0.39, 0.29) is 5.75 Å². The lowest BCUT2D eigenvalue weighted by Gasteiger charge is -2.11. The highest BCUT2D eigenvalue weighted by Crippen LogP contribution is 2.30. The summed E-state index contributed by atoms with van der Waals surface area (Å²) in [7, 11) is 1.63. The smallest absolute Gasteiger partial charge is 0.320 e. The van der Waals surface area contributed by atoms with Crippen molar-refractivity contribution < 1.29 is 13.5 Å². The lowest BCUT2D eigenvalue weighted by molar-refractivity contribution is 0.0722. The zero-order valence-corrected chi connectivity index (χ0v) is 17.4. The maximum absolute atomic E-state index is 13.7. The molecule has 0 unspecified atom stereocenters. The second-order valence-electron chi connectivity index (χ2n) is 6.77. The first-order chi connectivity index (χ1) is 14.6. The Labute approximate surface area is 176 Å². The van der Waals surface area contributed by atoms with Gasteiger partial charge in [-0.15, -0.1) is 10.2 Å². The van der Waals surface area contributed by atoms with Crippen LogP contribution in [0.15, 0.2) is 53.7 Å². The van der Waals surface area contributed by atoms with Gasteiger partial charge in [-0.1, -0.05) is 47.7 Å². The third kappa shape index (κ3) is 4.08. The molecule has 0 aliphatic rings. The zero-order valence-electron chi connectivity index (χ0n) is 16.6. The molecule has 4 aromatic rings. The quantitative estimate of drug-likeness (QED) is 0.372. The summed E-state index contributed by atoms with van der Waals surface area (Å²) < 4.78 is 35.5. The zero-order chi connectivity index (χ0) is 21.1. The lowest BCUT2D eigenvalue weighted by Crippen LogP contribution is -2.08. The van der Waals surface area contributed by atoms with Crippen molar-refractivity contribution >= 4 is 22.8 Å². The minimum absolute atomic E-state index is 0.248. The summed E-state index contributed by atoms with van der Waals surface area (Å²) in [6.07, 6.45) is 0. The van der Waals surface area contributed by atoms with Gasteiger partial charge < -0.3 is 4.74 Å². The fraction of sp³-hybridized carbons (Fsp3) is 0.286. The van der Waals surface area contributed by atoms with Crippen molar-refractivity contribution in [2.45, 2.75) is 30.9 Å². The molecule has 0 saturated carbocycles. The van der Waals surface area contributed by atoms with E-state index in [1.54, 1.807) is 31.4 Å². The topological polar surface area (TPSA) is 57.8 Å². The molecule has 0 saturated heterocycles. The van der Waals surface area contributed by atoms with Gasteiger partial charge >= 0.3 is 6.55 Å². The molecule has 0 N–H and O–H groups in total. The summed E-state index contributed by atoms with van der Waals surface area (Å²) in [5, 5.41) is 9.30. The lowest BCUT2D eigenvalue weighted by atomic mass is 10.1. The van der Waals surface area contributed by atoms with Crippen LogP contribution in [0.1, 0.15) is 17.9 Å². The summed E-state index contributed by atoms with van der Waals surface area (Å²) >= 11 is 1.33. The summed E-state index contributed by atoms with van der Waals surface area (Å²) in [4.78, 5) is 4.40. The van der Waals surface area contributed by atoms with Gasteiger partial charge in [-0.25, -0.2) is 4.98 Å². The predicted molar refractivity (Wildman–Crippen MR) is 113 cm³/mol. The largest absolute Gasteiger partial charge is 0.383 e. The summed E-state index contributed by atoms with van der Waals surface area (Å²) in [5.41, 5.74) is 3.04. The second-order valence-corrected chi connectivity index (χ2v) is 7.72. The molecule has 0 fully saturated rings. The number of hydrogen-bond acceptors (Lipinski definition) is 5. The molecule has 0 aliphatic heterocycles. The van der Waals surface area contributed by atoms with Gasteiger partial charge in [0.25, 0.3) is 0 Å². The molecule has 9 heteroatoms. The van der Waals surface area contributed by atoms with Gasteiger partial charge in [0.1, 0.15) is 5.82 Å². The molecule has 2 heterocycles.